The summed E-state index contributed by atoms with van der Waals surface area (Å²) in [5.41, 5.74) is 0. The second-order valence-corrected chi connectivity index (χ2v) is 8.79. The summed E-state index contributed by atoms with van der Waals surface area (Å²) < 4.78 is 0. The SMILES string of the molecule is CCCNC(=O)CCC(C(=O)O)N1CCN(CC(=O)O)CCN(CC(=O)O)CCN(CC(=O)O)CC1. The minimum absolute atomic E-state index is 0.00922. The Labute approximate surface area is 210 Å². The van der Waals surface area contributed by atoms with Crippen LogP contribution in [0.2, 0.25) is 0 Å². The molecule has 1 aliphatic rings. The molecule has 0 bridgehead atoms. The van der Waals surface area contributed by atoms with Gasteiger partial charge in [0.2, 0.25) is 5.91 Å². The van der Waals surface area contributed by atoms with Gasteiger partial charge in [0, 0.05) is 65.3 Å². The number of nitrogens with zero attached hydrogens (tertiary/aromatic N) is 4. The third-order valence-electron chi connectivity index (χ3n) is 5.89. The number of aliphatic carboxylic acids is 4. The molecule has 0 spiro atoms. The number of carboxylic acid groups (broad SMARTS) is 4. The van der Waals surface area contributed by atoms with E-state index in [2.05, 4.69) is 5.32 Å². The number of carbonyl (C=O) groups is 5. The van der Waals surface area contributed by atoms with Crippen molar-refractivity contribution in [1.82, 2.24) is 24.9 Å². The fraction of sp³-hybridized carbons (Fsp3) is 0.773. The molecule has 0 radical (unpaired) electrons. The van der Waals surface area contributed by atoms with Crippen molar-refractivity contribution in [3.8, 4) is 0 Å². The van der Waals surface area contributed by atoms with Gasteiger partial charge in [0.15, 0.2) is 0 Å². The van der Waals surface area contributed by atoms with Crippen LogP contribution in [0.3, 0.4) is 0 Å². The van der Waals surface area contributed by atoms with Gasteiger partial charge >= 0.3 is 23.9 Å². The van der Waals surface area contributed by atoms with Crippen LogP contribution in [-0.2, 0) is 24.0 Å². The molecule has 1 aliphatic heterocycles. The molecule has 5 N–H and O–H groups in total. The Bertz CT molecular complexity index is 719. The Hall–Kier alpha value is -2.81. The summed E-state index contributed by atoms with van der Waals surface area (Å²) in [6.07, 6.45) is 0.813. The van der Waals surface area contributed by atoms with Crippen molar-refractivity contribution in [3.05, 3.63) is 0 Å². The predicted octanol–water partition coefficient (Wildman–Crippen LogP) is -1.78. The molecule has 14 nitrogen and oxygen atoms in total. The van der Waals surface area contributed by atoms with Gasteiger partial charge in [-0.25, -0.2) is 0 Å². The molecule has 0 saturated carbocycles. The lowest BCUT2D eigenvalue weighted by Gasteiger charge is -2.35. The molecule has 0 aliphatic carbocycles. The Morgan fingerprint density at radius 3 is 1.42 bits per heavy atom. The van der Waals surface area contributed by atoms with E-state index in [1.54, 1.807) is 19.6 Å². The number of carboxylic acids is 4. The van der Waals surface area contributed by atoms with E-state index >= 15 is 0 Å². The van der Waals surface area contributed by atoms with Crippen LogP contribution in [0.25, 0.3) is 0 Å². The summed E-state index contributed by atoms with van der Waals surface area (Å²) in [4.78, 5) is 64.7. The minimum atomic E-state index is -1.12. The van der Waals surface area contributed by atoms with E-state index in [1.165, 1.54) is 0 Å². The first-order chi connectivity index (χ1) is 17.0. The molecule has 0 aromatic rings. The van der Waals surface area contributed by atoms with Crippen molar-refractivity contribution in [2.75, 3.05) is 78.5 Å². The summed E-state index contributed by atoms with van der Waals surface area (Å²) in [7, 11) is 0. The van der Waals surface area contributed by atoms with E-state index in [-0.39, 0.29) is 90.7 Å². The van der Waals surface area contributed by atoms with Gasteiger partial charge in [-0.1, -0.05) is 6.92 Å². The molecule has 14 heteroatoms. The van der Waals surface area contributed by atoms with Gasteiger partial charge in [0.1, 0.15) is 6.04 Å². The van der Waals surface area contributed by atoms with Crippen LogP contribution in [0, 0.1) is 0 Å². The maximum absolute atomic E-state index is 12.1. The maximum Gasteiger partial charge on any atom is 0.320 e. The number of amides is 1. The summed E-state index contributed by atoms with van der Waals surface area (Å²) in [6.45, 7) is 3.30. The van der Waals surface area contributed by atoms with E-state index in [0.29, 0.717) is 6.54 Å². The van der Waals surface area contributed by atoms with Gasteiger partial charge in [-0.2, -0.15) is 0 Å². The molecular formula is C22H39N5O9. The van der Waals surface area contributed by atoms with Crippen molar-refractivity contribution < 1.29 is 44.4 Å². The van der Waals surface area contributed by atoms with Gasteiger partial charge in [-0.15, -0.1) is 0 Å². The topological polar surface area (TPSA) is 191 Å². The molecule has 1 unspecified atom stereocenters. The number of hydrogen-bond acceptors (Lipinski definition) is 9. The van der Waals surface area contributed by atoms with Crippen LogP contribution in [0.1, 0.15) is 26.2 Å². The highest BCUT2D eigenvalue weighted by Crippen LogP contribution is 2.10. The first kappa shape index (κ1) is 31.2. The molecule has 1 heterocycles. The van der Waals surface area contributed by atoms with Crippen LogP contribution in [0.5, 0.6) is 0 Å². The summed E-state index contributed by atoms with van der Waals surface area (Å²) in [5, 5.41) is 40.4. The number of rotatable bonds is 13. The Balaban J connectivity index is 3.08. The quantitative estimate of drug-likeness (QED) is 0.184. The minimum Gasteiger partial charge on any atom is -0.480 e. The summed E-state index contributed by atoms with van der Waals surface area (Å²) in [5.74, 6) is -4.54. The van der Waals surface area contributed by atoms with E-state index in [1.807, 2.05) is 6.92 Å². The Morgan fingerprint density at radius 2 is 1.08 bits per heavy atom. The van der Waals surface area contributed by atoms with Crippen LogP contribution in [0.15, 0.2) is 0 Å². The van der Waals surface area contributed by atoms with Crippen LogP contribution >= 0.6 is 0 Å². The average Bonchev–Trinajstić information content (AvgIpc) is 2.77. The zero-order chi connectivity index (χ0) is 27.1. The molecule has 1 amide bonds. The second kappa shape index (κ2) is 16.8. The normalized spacial score (nSPS) is 18.5. The second-order valence-electron chi connectivity index (χ2n) is 8.79. The van der Waals surface area contributed by atoms with Crippen LogP contribution < -0.4 is 5.32 Å². The first-order valence-corrected chi connectivity index (χ1v) is 12.1. The smallest absolute Gasteiger partial charge is 0.320 e. The van der Waals surface area contributed by atoms with Gasteiger partial charge < -0.3 is 25.7 Å². The summed E-state index contributed by atoms with van der Waals surface area (Å²) >= 11 is 0. The molecule has 1 fully saturated rings. The molecule has 0 aromatic carbocycles. The standard InChI is InChI=1S/C22H39N5O9/c1-2-5-23-18(28)4-3-17(22(35)36)27-12-10-25(15-20(31)32)8-6-24(14-19(29)30)7-9-26(11-13-27)16-21(33)34/h17H,2-16H2,1H3,(H,23,28)(H,29,30)(H,31,32)(H,33,34)(H,35,36). The Kier molecular flexibility index (Phi) is 14.6. The van der Waals surface area contributed by atoms with Gasteiger partial charge in [-0.05, 0) is 12.8 Å². The highest BCUT2D eigenvalue weighted by Gasteiger charge is 2.28. The molecule has 36 heavy (non-hydrogen) atoms. The van der Waals surface area contributed by atoms with Crippen LogP contribution in [0.4, 0.5) is 0 Å². The van der Waals surface area contributed by atoms with E-state index in [4.69, 9.17) is 0 Å². The average molecular weight is 518 g/mol. The molecule has 1 atom stereocenters. The Morgan fingerprint density at radius 1 is 0.694 bits per heavy atom. The van der Waals surface area contributed by atoms with Crippen molar-refractivity contribution in [3.63, 3.8) is 0 Å². The fourth-order valence-electron chi connectivity index (χ4n) is 4.00. The van der Waals surface area contributed by atoms with Crippen molar-refractivity contribution >= 4 is 29.8 Å². The summed E-state index contributed by atoms with van der Waals surface area (Å²) in [6, 6.07) is -1.01. The van der Waals surface area contributed by atoms with Crippen LogP contribution in [-0.4, -0.2) is 154 Å². The van der Waals surface area contributed by atoms with Gasteiger partial charge in [0.05, 0.1) is 19.6 Å². The van der Waals surface area contributed by atoms with Gasteiger partial charge in [-0.3, -0.25) is 43.6 Å². The monoisotopic (exact) mass is 517 g/mol. The van der Waals surface area contributed by atoms with E-state index < -0.39 is 29.9 Å². The lowest BCUT2D eigenvalue weighted by Crippen LogP contribution is -2.52. The molecule has 1 rings (SSSR count). The largest absolute Gasteiger partial charge is 0.480 e. The van der Waals surface area contributed by atoms with Crippen molar-refractivity contribution in [2.45, 2.75) is 32.2 Å². The highest BCUT2D eigenvalue weighted by atomic mass is 16.4. The van der Waals surface area contributed by atoms with Gasteiger partial charge in [0.25, 0.3) is 0 Å². The molecule has 1 saturated heterocycles. The van der Waals surface area contributed by atoms with E-state index in [0.717, 1.165) is 6.42 Å². The molecular weight excluding hydrogens is 478 g/mol. The van der Waals surface area contributed by atoms with Crippen molar-refractivity contribution in [2.24, 2.45) is 0 Å². The predicted molar refractivity (Wildman–Crippen MR) is 128 cm³/mol. The third kappa shape index (κ3) is 13.3. The first-order valence-electron chi connectivity index (χ1n) is 12.1. The van der Waals surface area contributed by atoms with Crippen molar-refractivity contribution in [1.29, 1.82) is 0 Å². The lowest BCUT2D eigenvalue weighted by molar-refractivity contribution is -0.145. The number of nitrogens with one attached hydrogen (secondary N) is 1. The van der Waals surface area contributed by atoms with E-state index in [9.17, 15) is 44.4 Å². The third-order valence-corrected chi connectivity index (χ3v) is 5.89. The molecule has 206 valence electrons. The lowest BCUT2D eigenvalue weighted by atomic mass is 10.1. The fourth-order valence-corrected chi connectivity index (χ4v) is 4.00. The highest BCUT2D eigenvalue weighted by molar-refractivity contribution is 5.78. The maximum atomic E-state index is 12.1. The number of hydrogen-bond donors (Lipinski definition) is 5. The molecule has 0 aromatic heterocycles. The zero-order valence-corrected chi connectivity index (χ0v) is 20.8. The zero-order valence-electron chi connectivity index (χ0n) is 20.8. The number of carbonyl (C=O) groups excluding carboxylic acids is 1.